The van der Waals surface area contributed by atoms with E-state index >= 15 is 0 Å². The van der Waals surface area contributed by atoms with Crippen molar-refractivity contribution >= 4 is 49.0 Å². The van der Waals surface area contributed by atoms with Crippen LogP contribution in [0.4, 0.5) is 13.2 Å². The molecule has 2 aliphatic heterocycles. The van der Waals surface area contributed by atoms with E-state index in [1.54, 1.807) is 30.8 Å². The molecule has 14 heteroatoms. The summed E-state index contributed by atoms with van der Waals surface area (Å²) < 4.78 is 49.2. The maximum atomic E-state index is 13.4. The van der Waals surface area contributed by atoms with Gasteiger partial charge >= 0.3 is 12.3 Å². The van der Waals surface area contributed by atoms with E-state index in [0.717, 1.165) is 30.1 Å². The van der Waals surface area contributed by atoms with Crippen molar-refractivity contribution in [2.45, 2.75) is 51.6 Å². The second kappa shape index (κ2) is 20.7. The second-order valence-corrected chi connectivity index (χ2v) is 10.3. The summed E-state index contributed by atoms with van der Waals surface area (Å²) in [5.41, 5.74) is 6.72. The van der Waals surface area contributed by atoms with Gasteiger partial charge in [0, 0.05) is 37.3 Å². The van der Waals surface area contributed by atoms with Gasteiger partial charge in [0.05, 0.1) is 18.0 Å². The Labute approximate surface area is 266 Å². The molecule has 2 unspecified atom stereocenters. The molecular formula is C31H41F3N4O6S. The van der Waals surface area contributed by atoms with E-state index in [2.05, 4.69) is 34.4 Å². The number of nitrogens with two attached hydrogens (primary N) is 1. The average molecular weight is 655 g/mol. The topological polar surface area (TPSA) is 131 Å². The number of benzene rings is 1. The van der Waals surface area contributed by atoms with Crippen molar-refractivity contribution in [2.75, 3.05) is 32.6 Å². The molecule has 10 nitrogen and oxygen atoms in total. The molecule has 2 fully saturated rings. The van der Waals surface area contributed by atoms with Gasteiger partial charge in [0.2, 0.25) is 5.91 Å². The van der Waals surface area contributed by atoms with E-state index in [9.17, 15) is 22.8 Å². The summed E-state index contributed by atoms with van der Waals surface area (Å²) in [5, 5.41) is 4.11. The first-order valence-corrected chi connectivity index (χ1v) is 14.5. The maximum Gasteiger partial charge on any atom is 0.573 e. The Morgan fingerprint density at radius 3 is 2.29 bits per heavy atom. The number of hydrogen-bond donors (Lipinski definition) is 2. The van der Waals surface area contributed by atoms with Crippen LogP contribution < -0.4 is 15.8 Å². The third-order valence-corrected chi connectivity index (χ3v) is 7.74. The normalized spacial score (nSPS) is 16.9. The number of rotatable bonds is 12. The van der Waals surface area contributed by atoms with E-state index in [4.69, 9.17) is 20.1 Å². The molecule has 0 aromatic heterocycles. The highest BCUT2D eigenvalue weighted by Crippen LogP contribution is 2.34. The van der Waals surface area contributed by atoms with Crippen molar-refractivity contribution < 1.29 is 41.8 Å². The minimum absolute atomic E-state index is 0.0570. The molecule has 0 saturated carbocycles. The lowest BCUT2D eigenvalue weighted by Gasteiger charge is -2.30. The molecule has 2 heterocycles. The Morgan fingerprint density at radius 1 is 1.20 bits per heavy atom. The Morgan fingerprint density at radius 2 is 1.82 bits per heavy atom. The molecule has 0 bridgehead atoms. The van der Waals surface area contributed by atoms with Crippen LogP contribution in [0.15, 0.2) is 35.9 Å². The molecule has 3 rings (SSSR count). The number of alkyl halides is 3. The second-order valence-electron chi connectivity index (χ2n) is 9.28. The lowest BCUT2D eigenvalue weighted by Crippen LogP contribution is -2.47. The standard InChI is InChI=1S/C27H35F3N4O4S.C2H2.2CH2O/c1-5-8-18-13-19(23(38-27(28,29)30)15-20(18)17(3)31)14-22(26(36)37-4)34-12-9-21(25(34)35)32-24(6-2)39-16-33-10-7-11-33;3*1-2/h5-6,8,13,15,21-22,32H,3,7,9-12,14,16,31H2,1-2,4H3;1-2H;2*1H2/b8-5-,24-6-;;;. The number of terminal acetylenes is 1. The summed E-state index contributed by atoms with van der Waals surface area (Å²) in [6.45, 7) is 13.6. The Hall–Kier alpha value is -4.22. The molecule has 45 heavy (non-hydrogen) atoms. The molecule has 1 amide bonds. The number of esters is 1. The lowest BCUT2D eigenvalue weighted by atomic mass is 9.96. The first-order chi connectivity index (χ1) is 21.5. The molecule has 248 valence electrons. The van der Waals surface area contributed by atoms with Crippen molar-refractivity contribution in [2.24, 2.45) is 5.73 Å². The van der Waals surface area contributed by atoms with Crippen LogP contribution in [0.3, 0.4) is 0 Å². The molecule has 3 N–H and O–H groups in total. The van der Waals surface area contributed by atoms with Gasteiger partial charge in [0.1, 0.15) is 31.4 Å². The Bertz CT molecular complexity index is 1220. The van der Waals surface area contributed by atoms with E-state index in [1.165, 1.54) is 24.5 Å². The smallest absolute Gasteiger partial charge is 0.467 e. The van der Waals surface area contributed by atoms with Crippen molar-refractivity contribution in [1.29, 1.82) is 0 Å². The number of amides is 1. The van der Waals surface area contributed by atoms with Gasteiger partial charge in [0.15, 0.2) is 0 Å². The zero-order valence-electron chi connectivity index (χ0n) is 25.7. The first-order valence-electron chi connectivity index (χ1n) is 13.5. The van der Waals surface area contributed by atoms with E-state index in [1.807, 2.05) is 26.6 Å². The summed E-state index contributed by atoms with van der Waals surface area (Å²) >= 11 is 1.60. The van der Waals surface area contributed by atoms with Crippen LogP contribution in [-0.2, 0) is 30.3 Å². The summed E-state index contributed by atoms with van der Waals surface area (Å²) in [6, 6.07) is 0.890. The quantitative estimate of drug-likeness (QED) is 0.252. The predicted octanol–water partition coefficient (Wildman–Crippen LogP) is 3.96. The highest BCUT2D eigenvalue weighted by molar-refractivity contribution is 8.02. The summed E-state index contributed by atoms with van der Waals surface area (Å²) in [6.07, 6.45) is 9.63. The molecular weight excluding hydrogens is 613 g/mol. The predicted molar refractivity (Wildman–Crippen MR) is 170 cm³/mol. The number of halogens is 3. The van der Waals surface area contributed by atoms with Crippen molar-refractivity contribution in [3.8, 4) is 18.6 Å². The molecule has 2 aliphatic rings. The fourth-order valence-corrected chi connectivity index (χ4v) is 5.45. The minimum Gasteiger partial charge on any atom is -0.467 e. The van der Waals surface area contributed by atoms with Crippen LogP contribution in [0.1, 0.15) is 43.4 Å². The molecule has 2 atom stereocenters. The number of hydrogen-bond acceptors (Lipinski definition) is 10. The number of methoxy groups -OCH3 is 1. The van der Waals surface area contributed by atoms with Crippen LogP contribution in [0, 0.1) is 12.8 Å². The monoisotopic (exact) mass is 654 g/mol. The maximum absolute atomic E-state index is 13.4. The number of nitrogens with zero attached hydrogens (tertiary/aromatic N) is 2. The SMILES string of the molecule is C#C.C=C(N)c1cc(OC(F)(F)F)c(CC(C(=O)OC)N2CCC(N/C(=C/C)SCN3CCC3)C2=O)cc1/C=C\C.C=O.C=O. The zero-order valence-corrected chi connectivity index (χ0v) is 26.5. The summed E-state index contributed by atoms with van der Waals surface area (Å²) in [5.74, 6) is -0.774. The van der Waals surface area contributed by atoms with E-state index in [0.29, 0.717) is 12.0 Å². The molecule has 0 spiro atoms. The number of carbonyl (C=O) groups excluding carboxylic acids is 4. The molecule has 0 aliphatic carbocycles. The van der Waals surface area contributed by atoms with E-state index < -0.39 is 30.2 Å². The average Bonchev–Trinajstić information content (AvgIpc) is 3.36. The van der Waals surface area contributed by atoms with Gasteiger partial charge in [-0.15, -0.1) is 26.0 Å². The van der Waals surface area contributed by atoms with Gasteiger partial charge in [-0.1, -0.05) is 36.6 Å². The fraction of sp³-hybridized carbons (Fsp3) is 0.419. The number of carbonyl (C=O) groups is 4. The Balaban J connectivity index is 0.00000304. The Kier molecular flexibility index (Phi) is 18.7. The van der Waals surface area contributed by atoms with Crippen LogP contribution in [-0.4, -0.2) is 86.3 Å². The molecule has 0 radical (unpaired) electrons. The molecule has 1 aromatic carbocycles. The minimum atomic E-state index is -4.99. The first kappa shape index (κ1) is 40.8. The van der Waals surface area contributed by atoms with Crippen LogP contribution in [0.25, 0.3) is 11.8 Å². The van der Waals surface area contributed by atoms with Crippen molar-refractivity contribution in [3.05, 3.63) is 52.6 Å². The number of ether oxygens (including phenoxy) is 2. The number of allylic oxidation sites excluding steroid dienone is 2. The van der Waals surface area contributed by atoms with Crippen LogP contribution >= 0.6 is 11.8 Å². The van der Waals surface area contributed by atoms with Gasteiger partial charge in [0.25, 0.3) is 0 Å². The van der Waals surface area contributed by atoms with Gasteiger partial charge in [-0.2, -0.15) is 0 Å². The van der Waals surface area contributed by atoms with Crippen LogP contribution in [0.2, 0.25) is 0 Å². The van der Waals surface area contributed by atoms with Crippen molar-refractivity contribution in [3.63, 3.8) is 0 Å². The van der Waals surface area contributed by atoms with Gasteiger partial charge in [-0.25, -0.2) is 4.79 Å². The number of nitrogens with one attached hydrogen (secondary N) is 1. The summed E-state index contributed by atoms with van der Waals surface area (Å²) in [4.78, 5) is 45.9. The van der Waals surface area contributed by atoms with E-state index in [-0.39, 0.29) is 35.7 Å². The van der Waals surface area contributed by atoms with Gasteiger partial charge in [-0.3, -0.25) is 9.69 Å². The highest BCUT2D eigenvalue weighted by Gasteiger charge is 2.41. The van der Waals surface area contributed by atoms with Gasteiger partial charge < -0.3 is 35.0 Å². The molecule has 2 saturated heterocycles. The highest BCUT2D eigenvalue weighted by atomic mass is 32.2. The zero-order chi connectivity index (χ0) is 34.7. The lowest BCUT2D eigenvalue weighted by molar-refractivity contribution is -0.274. The largest absolute Gasteiger partial charge is 0.573 e. The van der Waals surface area contributed by atoms with Crippen LogP contribution in [0.5, 0.6) is 5.75 Å². The third kappa shape index (κ3) is 12.4. The van der Waals surface area contributed by atoms with Gasteiger partial charge in [-0.05, 0) is 49.9 Å². The third-order valence-electron chi connectivity index (χ3n) is 6.58. The fourth-order valence-electron chi connectivity index (χ4n) is 4.48. The van der Waals surface area contributed by atoms with Crippen molar-refractivity contribution in [1.82, 2.24) is 15.1 Å². The number of likely N-dealkylation sites (tertiary alicyclic amines) is 2. The molecule has 1 aromatic rings. The number of thioether (sulfide) groups is 1. The summed E-state index contributed by atoms with van der Waals surface area (Å²) in [7, 11) is 1.18.